The summed E-state index contributed by atoms with van der Waals surface area (Å²) >= 11 is 0. The monoisotopic (exact) mass is 464 g/mol. The van der Waals surface area contributed by atoms with Gasteiger partial charge in [-0.05, 0) is 60.9 Å². The summed E-state index contributed by atoms with van der Waals surface area (Å²) in [6.45, 7) is 5.83. The fourth-order valence-electron chi connectivity index (χ4n) is 3.41. The Morgan fingerprint density at radius 1 is 1.12 bits per heavy atom. The molecule has 2 atom stereocenters. The van der Waals surface area contributed by atoms with Crippen LogP contribution < -0.4 is 9.47 Å². The van der Waals surface area contributed by atoms with Crippen molar-refractivity contribution >= 4 is 24.0 Å². The van der Waals surface area contributed by atoms with Crippen molar-refractivity contribution in [2.75, 3.05) is 7.11 Å². The maximum absolute atomic E-state index is 12.5. The Morgan fingerprint density at radius 3 is 2.38 bits per heavy atom. The van der Waals surface area contributed by atoms with E-state index in [0.717, 1.165) is 24.8 Å². The molecule has 0 aliphatic carbocycles. The summed E-state index contributed by atoms with van der Waals surface area (Å²) in [5.74, 6) is -0.376. The lowest BCUT2D eigenvalue weighted by molar-refractivity contribution is -0.142. The van der Waals surface area contributed by atoms with Crippen molar-refractivity contribution in [1.82, 2.24) is 0 Å². The van der Waals surface area contributed by atoms with Crippen LogP contribution in [0.1, 0.15) is 48.5 Å². The Bertz CT molecular complexity index is 1040. The van der Waals surface area contributed by atoms with Gasteiger partial charge in [-0.2, -0.15) is 0 Å². The summed E-state index contributed by atoms with van der Waals surface area (Å²) in [6.07, 6.45) is 5.40. The first-order valence-electron chi connectivity index (χ1n) is 11.1. The van der Waals surface area contributed by atoms with Gasteiger partial charge in [0.15, 0.2) is 0 Å². The van der Waals surface area contributed by atoms with Crippen molar-refractivity contribution in [3.05, 3.63) is 77.9 Å². The van der Waals surface area contributed by atoms with Crippen LogP contribution in [0, 0.1) is 0 Å². The number of methoxy groups -OCH3 is 1. The van der Waals surface area contributed by atoms with E-state index in [2.05, 4.69) is 18.2 Å². The van der Waals surface area contributed by atoms with Gasteiger partial charge in [-0.25, -0.2) is 14.4 Å². The van der Waals surface area contributed by atoms with Crippen molar-refractivity contribution in [2.24, 2.45) is 0 Å². The minimum absolute atomic E-state index is 0.285. The number of hydrogen-bond donors (Lipinski definition) is 0. The molecule has 0 spiro atoms. The molecule has 178 valence electrons. The first kappa shape index (κ1) is 24.8. The number of carbonyl (C=O) groups excluding carboxylic acids is 3. The topological polar surface area (TPSA) is 88.1 Å². The van der Waals surface area contributed by atoms with Crippen LogP contribution in [-0.4, -0.2) is 37.2 Å². The van der Waals surface area contributed by atoms with Crippen molar-refractivity contribution in [2.45, 2.75) is 44.8 Å². The van der Waals surface area contributed by atoms with E-state index in [9.17, 15) is 14.4 Å². The number of esters is 3. The zero-order valence-corrected chi connectivity index (χ0v) is 19.3. The number of benzene rings is 2. The number of rotatable bonds is 10. The minimum atomic E-state index is -0.507. The maximum Gasteiger partial charge on any atom is 0.343 e. The van der Waals surface area contributed by atoms with Crippen LogP contribution >= 0.6 is 0 Å². The number of unbranched alkanes of at least 4 members (excludes halogenated alkanes) is 1. The summed E-state index contributed by atoms with van der Waals surface area (Å²) in [5.41, 5.74) is 1.59. The van der Waals surface area contributed by atoms with Crippen LogP contribution in [0.3, 0.4) is 0 Å². The van der Waals surface area contributed by atoms with Gasteiger partial charge in [0.2, 0.25) is 0 Å². The number of carbonyl (C=O) groups is 3. The van der Waals surface area contributed by atoms with E-state index in [0.29, 0.717) is 29.1 Å². The molecule has 3 rings (SSSR count). The second kappa shape index (κ2) is 11.8. The van der Waals surface area contributed by atoms with Crippen LogP contribution in [0.5, 0.6) is 11.5 Å². The predicted molar refractivity (Wildman–Crippen MR) is 126 cm³/mol. The highest BCUT2D eigenvalue weighted by Gasteiger charge is 2.35. The summed E-state index contributed by atoms with van der Waals surface area (Å²) in [6, 6.07) is 13.4. The van der Waals surface area contributed by atoms with Crippen LogP contribution in [-0.2, 0) is 19.1 Å². The standard InChI is InChI=1S/C27H28O7/c1-4-5-6-23(24-17-18(2)26(29)34-24)32-21-14-10-20(11-15-21)27(30)33-22-12-7-19(8-13-22)9-16-25(28)31-3/h7-16,23-24H,2,4-6,17H2,1,3H3/b16-9+. The van der Waals surface area contributed by atoms with Gasteiger partial charge in [0, 0.05) is 18.1 Å². The third-order valence-electron chi connectivity index (χ3n) is 5.33. The molecule has 0 aromatic heterocycles. The Hall–Kier alpha value is -3.87. The zero-order chi connectivity index (χ0) is 24.5. The number of hydrogen-bond acceptors (Lipinski definition) is 7. The molecule has 0 saturated carbocycles. The van der Waals surface area contributed by atoms with Gasteiger partial charge in [-0.3, -0.25) is 0 Å². The summed E-state index contributed by atoms with van der Waals surface area (Å²) in [4.78, 5) is 35.4. The Morgan fingerprint density at radius 2 is 1.79 bits per heavy atom. The van der Waals surface area contributed by atoms with Gasteiger partial charge >= 0.3 is 17.9 Å². The molecule has 1 aliphatic rings. The van der Waals surface area contributed by atoms with Crippen LogP contribution in [0.25, 0.3) is 6.08 Å². The van der Waals surface area contributed by atoms with E-state index >= 15 is 0 Å². The lowest BCUT2D eigenvalue weighted by Crippen LogP contribution is -2.31. The van der Waals surface area contributed by atoms with E-state index in [1.165, 1.54) is 13.2 Å². The van der Waals surface area contributed by atoms with Crippen molar-refractivity contribution in [3.8, 4) is 11.5 Å². The van der Waals surface area contributed by atoms with E-state index in [1.54, 1.807) is 54.6 Å². The normalized spacial score (nSPS) is 16.2. The van der Waals surface area contributed by atoms with Gasteiger partial charge in [-0.15, -0.1) is 0 Å². The molecular formula is C27H28O7. The van der Waals surface area contributed by atoms with Crippen LogP contribution in [0.15, 0.2) is 66.8 Å². The fraction of sp³-hybridized carbons (Fsp3) is 0.296. The SMILES string of the molecule is C=C1CC(C(CCCC)Oc2ccc(C(=O)Oc3ccc(/C=C/C(=O)OC)cc3)cc2)OC1=O. The van der Waals surface area contributed by atoms with Crippen LogP contribution in [0.4, 0.5) is 0 Å². The van der Waals surface area contributed by atoms with Gasteiger partial charge in [-0.1, -0.05) is 32.1 Å². The average molecular weight is 465 g/mol. The molecule has 1 heterocycles. The Kier molecular flexibility index (Phi) is 8.62. The highest BCUT2D eigenvalue weighted by Crippen LogP contribution is 2.27. The molecule has 0 bridgehead atoms. The minimum Gasteiger partial charge on any atom is -0.487 e. The third-order valence-corrected chi connectivity index (χ3v) is 5.33. The first-order chi connectivity index (χ1) is 16.4. The quantitative estimate of drug-likeness (QED) is 0.281. The van der Waals surface area contributed by atoms with E-state index < -0.39 is 11.9 Å². The summed E-state index contributed by atoms with van der Waals surface area (Å²) in [5, 5.41) is 0. The largest absolute Gasteiger partial charge is 0.487 e. The average Bonchev–Trinajstić information content (AvgIpc) is 3.19. The van der Waals surface area contributed by atoms with Gasteiger partial charge < -0.3 is 18.9 Å². The van der Waals surface area contributed by atoms with Crippen molar-refractivity contribution < 1.29 is 33.3 Å². The molecule has 2 aromatic carbocycles. The summed E-state index contributed by atoms with van der Waals surface area (Å²) in [7, 11) is 1.31. The molecule has 34 heavy (non-hydrogen) atoms. The van der Waals surface area contributed by atoms with E-state index in [-0.39, 0.29) is 18.2 Å². The molecule has 0 amide bonds. The van der Waals surface area contributed by atoms with Gasteiger partial charge in [0.1, 0.15) is 23.7 Å². The fourth-order valence-corrected chi connectivity index (χ4v) is 3.41. The molecule has 1 fully saturated rings. The Balaban J connectivity index is 1.60. The van der Waals surface area contributed by atoms with E-state index in [4.69, 9.17) is 14.2 Å². The molecule has 0 radical (unpaired) electrons. The molecule has 2 unspecified atom stereocenters. The summed E-state index contributed by atoms with van der Waals surface area (Å²) < 4.78 is 21.5. The molecule has 1 saturated heterocycles. The van der Waals surface area contributed by atoms with Crippen molar-refractivity contribution in [1.29, 1.82) is 0 Å². The molecular weight excluding hydrogens is 436 g/mol. The molecule has 7 heteroatoms. The second-order valence-electron chi connectivity index (χ2n) is 7.89. The highest BCUT2D eigenvalue weighted by atomic mass is 16.6. The third kappa shape index (κ3) is 6.81. The van der Waals surface area contributed by atoms with Gasteiger partial charge in [0.05, 0.1) is 12.7 Å². The number of cyclic esters (lactones) is 1. The Labute approximate surface area is 199 Å². The van der Waals surface area contributed by atoms with Crippen molar-refractivity contribution in [3.63, 3.8) is 0 Å². The number of ether oxygens (including phenoxy) is 4. The molecule has 0 N–H and O–H groups in total. The first-order valence-corrected chi connectivity index (χ1v) is 11.1. The molecule has 7 nitrogen and oxygen atoms in total. The molecule has 2 aromatic rings. The second-order valence-corrected chi connectivity index (χ2v) is 7.89. The molecule has 1 aliphatic heterocycles. The highest BCUT2D eigenvalue weighted by molar-refractivity contribution is 5.91. The van der Waals surface area contributed by atoms with E-state index in [1.807, 2.05) is 0 Å². The lowest BCUT2D eigenvalue weighted by atomic mass is 10.0. The zero-order valence-electron chi connectivity index (χ0n) is 19.3. The lowest BCUT2D eigenvalue weighted by Gasteiger charge is -2.23. The predicted octanol–water partition coefficient (Wildman–Crippen LogP) is 4.90. The van der Waals surface area contributed by atoms with Crippen LogP contribution in [0.2, 0.25) is 0 Å². The smallest absolute Gasteiger partial charge is 0.343 e. The maximum atomic E-state index is 12.5. The van der Waals surface area contributed by atoms with Gasteiger partial charge in [0.25, 0.3) is 0 Å².